The molecule has 0 fully saturated rings. The van der Waals surface area contributed by atoms with E-state index in [2.05, 4.69) is 15.5 Å². The standard InChI is InChI=1S/C17H17N3O4S2/c1-9(2)8-23-16(22)14-10(3)18-17(26-14)19-15(21)11-7-12(24-20-11)13-5-4-6-25-13/h4-7,9H,8H2,1-3H3,(H,18,19,21). The number of anilines is 1. The fourth-order valence-corrected chi connectivity index (χ4v) is 3.55. The number of hydrogen-bond donors (Lipinski definition) is 1. The highest BCUT2D eigenvalue weighted by Gasteiger charge is 2.20. The van der Waals surface area contributed by atoms with Gasteiger partial charge in [-0.3, -0.25) is 10.1 Å². The summed E-state index contributed by atoms with van der Waals surface area (Å²) < 4.78 is 10.4. The molecule has 3 heterocycles. The van der Waals surface area contributed by atoms with Crippen molar-refractivity contribution in [3.05, 3.63) is 39.8 Å². The van der Waals surface area contributed by atoms with Crippen molar-refractivity contribution in [1.82, 2.24) is 10.1 Å². The van der Waals surface area contributed by atoms with Crippen LogP contribution < -0.4 is 5.32 Å². The molecule has 1 amide bonds. The van der Waals surface area contributed by atoms with E-state index in [0.717, 1.165) is 16.2 Å². The maximum Gasteiger partial charge on any atom is 0.350 e. The lowest BCUT2D eigenvalue weighted by Gasteiger charge is -2.05. The molecule has 0 bridgehead atoms. The van der Waals surface area contributed by atoms with Crippen LogP contribution in [0.3, 0.4) is 0 Å². The van der Waals surface area contributed by atoms with Crippen LogP contribution in [-0.4, -0.2) is 28.6 Å². The highest BCUT2D eigenvalue weighted by Crippen LogP contribution is 2.27. The summed E-state index contributed by atoms with van der Waals surface area (Å²) in [5.74, 6) is -0.113. The summed E-state index contributed by atoms with van der Waals surface area (Å²) in [6.07, 6.45) is 0. The van der Waals surface area contributed by atoms with Gasteiger partial charge >= 0.3 is 5.97 Å². The fraction of sp³-hybridized carbons (Fsp3) is 0.294. The highest BCUT2D eigenvalue weighted by atomic mass is 32.1. The van der Waals surface area contributed by atoms with Gasteiger partial charge in [-0.1, -0.05) is 36.4 Å². The summed E-state index contributed by atoms with van der Waals surface area (Å²) in [5.41, 5.74) is 0.656. The number of nitrogens with one attached hydrogen (secondary N) is 1. The lowest BCUT2D eigenvalue weighted by molar-refractivity contribution is 0.0463. The van der Waals surface area contributed by atoms with E-state index < -0.39 is 11.9 Å². The average Bonchev–Trinajstić information content (AvgIpc) is 3.32. The van der Waals surface area contributed by atoms with Crippen LogP contribution in [-0.2, 0) is 4.74 Å². The third-order valence-electron chi connectivity index (χ3n) is 3.26. The number of aromatic nitrogens is 2. The number of rotatable bonds is 6. The third kappa shape index (κ3) is 4.17. The van der Waals surface area contributed by atoms with Gasteiger partial charge in [-0.2, -0.15) is 0 Å². The number of carbonyl (C=O) groups excluding carboxylic acids is 2. The fourth-order valence-electron chi connectivity index (χ4n) is 2.03. The monoisotopic (exact) mass is 391 g/mol. The first kappa shape index (κ1) is 18.3. The number of aryl methyl sites for hydroxylation is 1. The van der Waals surface area contributed by atoms with E-state index in [0.29, 0.717) is 28.1 Å². The van der Waals surface area contributed by atoms with Gasteiger partial charge in [0, 0.05) is 6.07 Å². The van der Waals surface area contributed by atoms with Crippen LogP contribution >= 0.6 is 22.7 Å². The topological polar surface area (TPSA) is 94.3 Å². The molecule has 0 aromatic carbocycles. The molecule has 7 nitrogen and oxygen atoms in total. The van der Waals surface area contributed by atoms with E-state index in [1.165, 1.54) is 11.3 Å². The van der Waals surface area contributed by atoms with Crippen molar-refractivity contribution in [2.24, 2.45) is 5.92 Å². The second kappa shape index (κ2) is 7.79. The smallest absolute Gasteiger partial charge is 0.350 e. The Morgan fingerprint density at radius 2 is 2.19 bits per heavy atom. The summed E-state index contributed by atoms with van der Waals surface area (Å²) in [4.78, 5) is 29.9. The van der Waals surface area contributed by atoms with E-state index in [1.54, 1.807) is 13.0 Å². The van der Waals surface area contributed by atoms with Gasteiger partial charge < -0.3 is 9.26 Å². The van der Waals surface area contributed by atoms with Gasteiger partial charge in [0.2, 0.25) is 0 Å². The highest BCUT2D eigenvalue weighted by molar-refractivity contribution is 7.17. The van der Waals surface area contributed by atoms with E-state index in [4.69, 9.17) is 9.26 Å². The van der Waals surface area contributed by atoms with Gasteiger partial charge in [-0.25, -0.2) is 9.78 Å². The van der Waals surface area contributed by atoms with Crippen molar-refractivity contribution in [2.75, 3.05) is 11.9 Å². The molecule has 3 aromatic heterocycles. The Labute approximate surface area is 158 Å². The first-order valence-electron chi connectivity index (χ1n) is 7.90. The Balaban J connectivity index is 1.68. The van der Waals surface area contributed by atoms with Crippen LogP contribution in [0.5, 0.6) is 0 Å². The predicted octanol–water partition coefficient (Wildman–Crippen LogP) is 4.23. The minimum atomic E-state index is -0.451. The molecule has 0 radical (unpaired) electrons. The van der Waals surface area contributed by atoms with Gasteiger partial charge in [-0.05, 0) is 24.3 Å². The first-order chi connectivity index (χ1) is 12.4. The largest absolute Gasteiger partial charge is 0.461 e. The number of thiophene rings is 1. The maximum absolute atomic E-state index is 12.3. The molecule has 0 aliphatic carbocycles. The van der Waals surface area contributed by atoms with Crippen LogP contribution in [0.1, 0.15) is 39.7 Å². The molecule has 0 aliphatic rings. The quantitative estimate of drug-likeness (QED) is 0.632. The van der Waals surface area contributed by atoms with E-state index >= 15 is 0 Å². The van der Waals surface area contributed by atoms with Crippen molar-refractivity contribution in [3.8, 4) is 10.6 Å². The lowest BCUT2D eigenvalue weighted by Crippen LogP contribution is -2.11. The number of ether oxygens (including phenoxy) is 1. The number of carbonyl (C=O) groups is 2. The van der Waals surface area contributed by atoms with Crippen molar-refractivity contribution in [2.45, 2.75) is 20.8 Å². The van der Waals surface area contributed by atoms with Crippen molar-refractivity contribution >= 4 is 39.7 Å². The summed E-state index contributed by atoms with van der Waals surface area (Å²) in [6.45, 7) is 5.95. The summed E-state index contributed by atoms with van der Waals surface area (Å²) in [6, 6.07) is 5.34. The Kier molecular flexibility index (Phi) is 5.48. The Morgan fingerprint density at radius 1 is 1.38 bits per heavy atom. The predicted molar refractivity (Wildman–Crippen MR) is 99.7 cm³/mol. The van der Waals surface area contributed by atoms with Crippen molar-refractivity contribution < 1.29 is 18.8 Å². The second-order valence-electron chi connectivity index (χ2n) is 5.93. The summed E-state index contributed by atoms with van der Waals surface area (Å²) >= 11 is 2.57. The van der Waals surface area contributed by atoms with Gasteiger partial charge in [0.1, 0.15) is 4.88 Å². The second-order valence-corrected chi connectivity index (χ2v) is 7.88. The van der Waals surface area contributed by atoms with Gasteiger partial charge in [0.15, 0.2) is 16.6 Å². The molecule has 0 aliphatic heterocycles. The van der Waals surface area contributed by atoms with Gasteiger partial charge in [0.25, 0.3) is 5.91 Å². The molecule has 9 heteroatoms. The molecule has 0 atom stereocenters. The molecule has 3 aromatic rings. The lowest BCUT2D eigenvalue weighted by atomic mass is 10.2. The maximum atomic E-state index is 12.3. The molecule has 136 valence electrons. The van der Waals surface area contributed by atoms with Crippen LogP contribution in [0.15, 0.2) is 28.1 Å². The van der Waals surface area contributed by atoms with Crippen LogP contribution in [0.25, 0.3) is 10.6 Å². The third-order valence-corrected chi connectivity index (χ3v) is 5.19. The molecule has 1 N–H and O–H groups in total. The minimum absolute atomic E-state index is 0.144. The van der Waals surface area contributed by atoms with Crippen molar-refractivity contribution in [1.29, 1.82) is 0 Å². The molecular formula is C17H17N3O4S2. The zero-order chi connectivity index (χ0) is 18.7. The number of hydrogen-bond acceptors (Lipinski definition) is 8. The van der Waals surface area contributed by atoms with E-state index in [-0.39, 0.29) is 11.6 Å². The van der Waals surface area contributed by atoms with E-state index in [9.17, 15) is 9.59 Å². The van der Waals surface area contributed by atoms with Crippen molar-refractivity contribution in [3.63, 3.8) is 0 Å². The van der Waals surface area contributed by atoms with Crippen LogP contribution in [0, 0.1) is 12.8 Å². The van der Waals surface area contributed by atoms with Crippen LogP contribution in [0.4, 0.5) is 5.13 Å². The normalized spacial score (nSPS) is 10.9. The number of esters is 1. The zero-order valence-electron chi connectivity index (χ0n) is 14.4. The Hall–Kier alpha value is -2.52. The molecule has 3 rings (SSSR count). The molecule has 0 saturated carbocycles. The number of amides is 1. The Morgan fingerprint density at radius 3 is 2.88 bits per heavy atom. The molecule has 0 saturated heterocycles. The van der Waals surface area contributed by atoms with Gasteiger partial charge in [0.05, 0.1) is 17.2 Å². The SMILES string of the molecule is Cc1nc(NC(=O)c2cc(-c3cccs3)on2)sc1C(=O)OCC(C)C. The molecule has 0 unspecified atom stereocenters. The number of thiazole rings is 1. The summed E-state index contributed by atoms with van der Waals surface area (Å²) in [7, 11) is 0. The minimum Gasteiger partial charge on any atom is -0.461 e. The summed E-state index contributed by atoms with van der Waals surface area (Å²) in [5, 5.41) is 8.65. The van der Waals surface area contributed by atoms with E-state index in [1.807, 2.05) is 31.4 Å². The molecule has 0 spiro atoms. The van der Waals surface area contributed by atoms with Crippen LogP contribution in [0.2, 0.25) is 0 Å². The number of nitrogens with zero attached hydrogens (tertiary/aromatic N) is 2. The first-order valence-corrected chi connectivity index (χ1v) is 9.60. The molecule has 26 heavy (non-hydrogen) atoms. The Bertz CT molecular complexity index is 912. The van der Waals surface area contributed by atoms with Gasteiger partial charge in [-0.15, -0.1) is 11.3 Å². The molecular weight excluding hydrogens is 374 g/mol. The zero-order valence-corrected chi connectivity index (χ0v) is 16.1. The average molecular weight is 391 g/mol.